The van der Waals surface area contributed by atoms with E-state index in [4.69, 9.17) is 11.6 Å². The van der Waals surface area contributed by atoms with Crippen LogP contribution in [0, 0.1) is 12.7 Å². The molecule has 1 aromatic carbocycles. The lowest BCUT2D eigenvalue weighted by molar-refractivity contribution is 0.606. The highest BCUT2D eigenvalue weighted by Gasteiger charge is 2.14. The third-order valence-electron chi connectivity index (χ3n) is 2.86. The van der Waals surface area contributed by atoms with Crippen molar-refractivity contribution in [3.63, 3.8) is 0 Å². The highest BCUT2D eigenvalue weighted by atomic mass is 35.5. The van der Waals surface area contributed by atoms with Crippen LogP contribution >= 0.6 is 11.6 Å². The number of hydrogen-bond donors (Lipinski definition) is 1. The Morgan fingerprint density at radius 1 is 1.28 bits per heavy atom. The minimum Gasteiger partial charge on any atom is -0.308 e. The van der Waals surface area contributed by atoms with Crippen LogP contribution in [0.15, 0.2) is 36.5 Å². The minimum atomic E-state index is -0.207. The molecule has 1 heterocycles. The zero-order chi connectivity index (χ0) is 13.1. The van der Waals surface area contributed by atoms with Crippen molar-refractivity contribution in [1.82, 2.24) is 10.3 Å². The lowest BCUT2D eigenvalue weighted by atomic mass is 10.0. The number of benzene rings is 1. The minimum absolute atomic E-state index is 0.141. The molecule has 94 valence electrons. The lowest BCUT2D eigenvalue weighted by Gasteiger charge is -2.16. The quantitative estimate of drug-likeness (QED) is 0.918. The van der Waals surface area contributed by atoms with Gasteiger partial charge < -0.3 is 5.32 Å². The molecule has 0 aliphatic rings. The summed E-state index contributed by atoms with van der Waals surface area (Å²) in [5.74, 6) is -0.207. The SMILES string of the molecule is CNC(c1ccc(C)c(F)c1)c1ccc(Cl)cn1. The normalized spacial score (nSPS) is 12.4. The van der Waals surface area contributed by atoms with Crippen molar-refractivity contribution in [2.24, 2.45) is 0 Å². The third-order valence-corrected chi connectivity index (χ3v) is 3.09. The van der Waals surface area contributed by atoms with Gasteiger partial charge in [-0.15, -0.1) is 0 Å². The van der Waals surface area contributed by atoms with Gasteiger partial charge >= 0.3 is 0 Å². The van der Waals surface area contributed by atoms with Gasteiger partial charge in [-0.3, -0.25) is 4.98 Å². The summed E-state index contributed by atoms with van der Waals surface area (Å²) < 4.78 is 13.6. The molecule has 0 spiro atoms. The van der Waals surface area contributed by atoms with Crippen LogP contribution < -0.4 is 5.32 Å². The Morgan fingerprint density at radius 3 is 2.61 bits per heavy atom. The van der Waals surface area contributed by atoms with E-state index in [1.807, 2.05) is 19.2 Å². The maximum Gasteiger partial charge on any atom is 0.126 e. The zero-order valence-corrected chi connectivity index (χ0v) is 11.0. The molecular weight excluding hydrogens is 251 g/mol. The van der Waals surface area contributed by atoms with E-state index in [0.29, 0.717) is 10.6 Å². The molecule has 0 fully saturated rings. The molecule has 0 aliphatic heterocycles. The predicted octanol–water partition coefficient (Wildman–Crippen LogP) is 3.49. The molecule has 1 atom stereocenters. The standard InChI is InChI=1S/C14H14ClFN2/c1-9-3-4-10(7-12(9)16)14(17-2)13-6-5-11(15)8-18-13/h3-8,14,17H,1-2H3. The highest BCUT2D eigenvalue weighted by Crippen LogP contribution is 2.22. The Morgan fingerprint density at radius 2 is 2.06 bits per heavy atom. The Balaban J connectivity index is 2.38. The molecular formula is C14H14ClFN2. The Hall–Kier alpha value is -1.45. The molecule has 2 aromatic rings. The van der Waals surface area contributed by atoms with Crippen LogP contribution in [0.3, 0.4) is 0 Å². The largest absolute Gasteiger partial charge is 0.308 e. The predicted molar refractivity (Wildman–Crippen MR) is 71.3 cm³/mol. The lowest BCUT2D eigenvalue weighted by Crippen LogP contribution is -2.19. The number of hydrogen-bond acceptors (Lipinski definition) is 2. The Kier molecular flexibility index (Phi) is 3.94. The molecule has 0 radical (unpaired) electrons. The summed E-state index contributed by atoms with van der Waals surface area (Å²) in [4.78, 5) is 4.26. The fourth-order valence-electron chi connectivity index (χ4n) is 1.83. The van der Waals surface area contributed by atoms with Gasteiger partial charge in [-0.25, -0.2) is 4.39 Å². The van der Waals surface area contributed by atoms with E-state index in [0.717, 1.165) is 11.3 Å². The first-order valence-corrected chi connectivity index (χ1v) is 6.04. The van der Waals surface area contributed by atoms with E-state index >= 15 is 0 Å². The highest BCUT2D eigenvalue weighted by molar-refractivity contribution is 6.30. The summed E-state index contributed by atoms with van der Waals surface area (Å²) in [5.41, 5.74) is 2.29. The van der Waals surface area contributed by atoms with Crippen LogP contribution in [-0.4, -0.2) is 12.0 Å². The molecule has 1 aromatic heterocycles. The van der Waals surface area contributed by atoms with Crippen LogP contribution in [0.2, 0.25) is 5.02 Å². The molecule has 0 amide bonds. The van der Waals surface area contributed by atoms with Gasteiger partial charge in [0.25, 0.3) is 0 Å². The summed E-state index contributed by atoms with van der Waals surface area (Å²) in [6.45, 7) is 1.74. The van der Waals surface area contributed by atoms with Crippen molar-refractivity contribution in [2.75, 3.05) is 7.05 Å². The van der Waals surface area contributed by atoms with Gasteiger partial charge in [0.05, 0.1) is 16.8 Å². The fraction of sp³-hybridized carbons (Fsp3) is 0.214. The molecule has 2 nitrogen and oxygen atoms in total. The molecule has 1 unspecified atom stereocenters. The second-order valence-corrected chi connectivity index (χ2v) is 4.57. The Labute approximate surface area is 111 Å². The maximum atomic E-state index is 13.6. The summed E-state index contributed by atoms with van der Waals surface area (Å²) in [5, 5.41) is 3.72. The fourth-order valence-corrected chi connectivity index (χ4v) is 1.94. The molecule has 0 aliphatic carbocycles. The van der Waals surface area contributed by atoms with Gasteiger partial charge in [-0.05, 0) is 43.3 Å². The topological polar surface area (TPSA) is 24.9 Å². The molecule has 2 rings (SSSR count). The number of nitrogens with one attached hydrogen (secondary N) is 1. The van der Waals surface area contributed by atoms with E-state index in [1.54, 1.807) is 25.3 Å². The number of nitrogens with zero attached hydrogens (tertiary/aromatic N) is 1. The van der Waals surface area contributed by atoms with Gasteiger partial charge in [-0.1, -0.05) is 23.7 Å². The number of rotatable bonds is 3. The van der Waals surface area contributed by atoms with Gasteiger partial charge in [0.2, 0.25) is 0 Å². The summed E-state index contributed by atoms with van der Waals surface area (Å²) in [6.07, 6.45) is 1.59. The molecule has 18 heavy (non-hydrogen) atoms. The maximum absolute atomic E-state index is 13.6. The summed E-state index contributed by atoms with van der Waals surface area (Å²) in [7, 11) is 1.82. The van der Waals surface area contributed by atoms with Crippen molar-refractivity contribution >= 4 is 11.6 Å². The first-order valence-electron chi connectivity index (χ1n) is 5.66. The zero-order valence-electron chi connectivity index (χ0n) is 10.2. The molecule has 0 saturated heterocycles. The van der Waals surface area contributed by atoms with E-state index < -0.39 is 0 Å². The first kappa shape index (κ1) is 13.0. The Bertz CT molecular complexity index is 540. The van der Waals surface area contributed by atoms with E-state index in [2.05, 4.69) is 10.3 Å². The number of aryl methyl sites for hydroxylation is 1. The van der Waals surface area contributed by atoms with Gasteiger partial charge in [0.15, 0.2) is 0 Å². The van der Waals surface area contributed by atoms with Gasteiger partial charge in [0.1, 0.15) is 5.82 Å². The van der Waals surface area contributed by atoms with Crippen LogP contribution in [0.1, 0.15) is 22.9 Å². The average Bonchev–Trinajstić information content (AvgIpc) is 2.37. The van der Waals surface area contributed by atoms with Crippen LogP contribution in [-0.2, 0) is 0 Å². The van der Waals surface area contributed by atoms with Crippen molar-refractivity contribution in [2.45, 2.75) is 13.0 Å². The second kappa shape index (κ2) is 5.46. The second-order valence-electron chi connectivity index (χ2n) is 4.13. The molecule has 0 saturated carbocycles. The third kappa shape index (κ3) is 2.68. The van der Waals surface area contributed by atoms with Crippen molar-refractivity contribution in [3.8, 4) is 0 Å². The molecule has 1 N–H and O–H groups in total. The van der Waals surface area contributed by atoms with Gasteiger partial charge in [0, 0.05) is 6.20 Å². The molecule has 4 heteroatoms. The van der Waals surface area contributed by atoms with Crippen molar-refractivity contribution in [3.05, 3.63) is 64.2 Å². The van der Waals surface area contributed by atoms with Crippen LogP contribution in [0.4, 0.5) is 4.39 Å². The number of halogens is 2. The van der Waals surface area contributed by atoms with E-state index in [9.17, 15) is 4.39 Å². The van der Waals surface area contributed by atoms with Crippen LogP contribution in [0.5, 0.6) is 0 Å². The van der Waals surface area contributed by atoms with Gasteiger partial charge in [-0.2, -0.15) is 0 Å². The van der Waals surface area contributed by atoms with Crippen molar-refractivity contribution < 1.29 is 4.39 Å². The summed E-state index contributed by atoms with van der Waals surface area (Å²) >= 11 is 5.81. The van der Waals surface area contributed by atoms with E-state index in [-0.39, 0.29) is 11.9 Å². The smallest absolute Gasteiger partial charge is 0.126 e. The first-order chi connectivity index (χ1) is 8.61. The number of pyridine rings is 1. The number of aromatic nitrogens is 1. The monoisotopic (exact) mass is 264 g/mol. The average molecular weight is 265 g/mol. The molecule has 0 bridgehead atoms. The van der Waals surface area contributed by atoms with Crippen LogP contribution in [0.25, 0.3) is 0 Å². The van der Waals surface area contributed by atoms with E-state index in [1.165, 1.54) is 6.07 Å². The van der Waals surface area contributed by atoms with Crippen molar-refractivity contribution in [1.29, 1.82) is 0 Å². The summed E-state index contributed by atoms with van der Waals surface area (Å²) in [6, 6.07) is 8.67.